The molecule has 3 atom stereocenters. The van der Waals surface area contributed by atoms with Crippen molar-refractivity contribution in [2.45, 2.75) is 26.7 Å². The summed E-state index contributed by atoms with van der Waals surface area (Å²) in [5, 5.41) is 0. The Hall–Kier alpha value is 0. The summed E-state index contributed by atoms with van der Waals surface area (Å²) in [5.74, 6) is 4.81. The Kier molecular flexibility index (Phi) is 0.518. The lowest BCUT2D eigenvalue weighted by Crippen LogP contribution is -1.98. The minimum absolute atomic E-state index is 0.894. The van der Waals surface area contributed by atoms with Gasteiger partial charge in [-0.25, -0.2) is 0 Å². The highest BCUT2D eigenvalue weighted by Crippen LogP contribution is 2.91. The summed E-state index contributed by atoms with van der Waals surface area (Å²) in [4.78, 5) is 0. The highest BCUT2D eigenvalue weighted by Gasteiger charge is 2.86. The first kappa shape index (κ1) is 4.76. The van der Waals surface area contributed by atoms with E-state index in [9.17, 15) is 0 Å². The van der Waals surface area contributed by atoms with Gasteiger partial charge in [-0.1, -0.05) is 20.3 Å². The fraction of sp³-hybridized carbons (Fsp3) is 1.00. The van der Waals surface area contributed by atoms with E-state index in [1.54, 1.807) is 6.42 Å². The highest BCUT2D eigenvalue weighted by atomic mass is 14.9. The summed E-state index contributed by atoms with van der Waals surface area (Å²) in [6.07, 6.45) is 3.02. The van der Waals surface area contributed by atoms with Gasteiger partial charge in [0.15, 0.2) is 0 Å². The van der Waals surface area contributed by atoms with Crippen LogP contribution in [0.3, 0.4) is 0 Å². The van der Waals surface area contributed by atoms with Crippen molar-refractivity contribution >= 4 is 0 Å². The van der Waals surface area contributed by atoms with Gasteiger partial charge in [-0.05, 0) is 35.5 Å². The molecule has 4 saturated carbocycles. The maximum absolute atomic E-state index is 2.49. The van der Waals surface area contributed by atoms with Crippen LogP contribution in [0.4, 0.5) is 0 Å². The second-order valence-corrected chi connectivity index (χ2v) is 4.51. The third kappa shape index (κ3) is 0.300. The van der Waals surface area contributed by atoms with Crippen LogP contribution in [0.2, 0.25) is 0 Å². The third-order valence-electron chi connectivity index (χ3n) is 4.26. The van der Waals surface area contributed by atoms with Gasteiger partial charge in [-0.2, -0.15) is 0 Å². The quantitative estimate of drug-likeness (QED) is 0.500. The number of rotatable bonds is 1. The second-order valence-electron chi connectivity index (χ2n) is 4.51. The van der Waals surface area contributed by atoms with Crippen molar-refractivity contribution in [1.82, 2.24) is 0 Å². The van der Waals surface area contributed by atoms with Crippen molar-refractivity contribution in [3.8, 4) is 0 Å². The predicted octanol–water partition coefficient (Wildman–Crippen LogP) is 2.30. The van der Waals surface area contributed by atoms with E-state index in [1.807, 2.05) is 0 Å². The molecule has 50 valence electrons. The Morgan fingerprint density at radius 3 is 2.33 bits per heavy atom. The molecule has 0 heteroatoms. The molecule has 0 saturated heterocycles. The molecule has 0 aromatic rings. The monoisotopic (exact) mass is 122 g/mol. The molecule has 4 aliphatic carbocycles. The maximum Gasteiger partial charge on any atom is -0.0255 e. The van der Waals surface area contributed by atoms with Crippen LogP contribution in [-0.2, 0) is 0 Å². The smallest absolute Gasteiger partial charge is 0.0255 e. The predicted molar refractivity (Wildman–Crippen MR) is 37.0 cm³/mol. The van der Waals surface area contributed by atoms with Crippen LogP contribution >= 0.6 is 0 Å². The zero-order chi connectivity index (χ0) is 6.22. The SMILES string of the molecule is CCC1CC2(C)C3C1C32. The summed E-state index contributed by atoms with van der Waals surface area (Å²) in [7, 11) is 0. The topological polar surface area (TPSA) is 0 Å². The van der Waals surface area contributed by atoms with Crippen molar-refractivity contribution in [2.24, 2.45) is 29.1 Å². The van der Waals surface area contributed by atoms with Gasteiger partial charge in [0.2, 0.25) is 0 Å². The molecule has 0 aliphatic heterocycles. The fourth-order valence-electron chi connectivity index (χ4n) is 3.71. The van der Waals surface area contributed by atoms with Crippen molar-refractivity contribution < 1.29 is 0 Å². The van der Waals surface area contributed by atoms with Gasteiger partial charge in [0.1, 0.15) is 0 Å². The van der Waals surface area contributed by atoms with Crippen LogP contribution in [-0.4, -0.2) is 0 Å². The normalized spacial score (nSPS) is 74.0. The lowest BCUT2D eigenvalue weighted by molar-refractivity contribution is 0.447. The Morgan fingerprint density at radius 2 is 2.11 bits per heavy atom. The Labute approximate surface area is 56.6 Å². The molecule has 0 spiro atoms. The van der Waals surface area contributed by atoms with Gasteiger partial charge in [0.05, 0.1) is 0 Å². The molecule has 9 heavy (non-hydrogen) atoms. The molecular formula is C9H14. The highest BCUT2D eigenvalue weighted by molar-refractivity contribution is 5.33. The van der Waals surface area contributed by atoms with E-state index in [1.165, 1.54) is 24.2 Å². The van der Waals surface area contributed by atoms with Crippen molar-refractivity contribution in [3.63, 3.8) is 0 Å². The molecule has 0 heterocycles. The minimum atomic E-state index is 0.894. The van der Waals surface area contributed by atoms with E-state index in [4.69, 9.17) is 0 Å². The Balaban J connectivity index is 1.89. The van der Waals surface area contributed by atoms with Crippen LogP contribution in [0.25, 0.3) is 0 Å². The van der Waals surface area contributed by atoms with Crippen LogP contribution in [0.1, 0.15) is 26.7 Å². The standard InChI is InChI=1S/C9H14/c1-3-5-4-9(2)7-6(5)8(7)9/h5-8H,3-4H2,1-2H3. The molecule has 0 aromatic heterocycles. The minimum Gasteiger partial charge on any atom is -0.0651 e. The van der Waals surface area contributed by atoms with E-state index in [2.05, 4.69) is 13.8 Å². The molecule has 4 aliphatic rings. The lowest BCUT2D eigenvalue weighted by Gasteiger charge is -2.03. The Morgan fingerprint density at radius 1 is 1.44 bits per heavy atom. The van der Waals surface area contributed by atoms with E-state index in [-0.39, 0.29) is 0 Å². The summed E-state index contributed by atoms with van der Waals surface area (Å²) >= 11 is 0. The zero-order valence-corrected chi connectivity index (χ0v) is 6.22. The number of hydrogen-bond acceptors (Lipinski definition) is 0. The first-order valence-electron chi connectivity index (χ1n) is 4.29. The summed E-state index contributed by atoms with van der Waals surface area (Å²) < 4.78 is 0. The fourth-order valence-corrected chi connectivity index (χ4v) is 3.71. The van der Waals surface area contributed by atoms with Crippen LogP contribution in [0, 0.1) is 29.1 Å². The molecule has 2 bridgehead atoms. The van der Waals surface area contributed by atoms with Gasteiger partial charge in [-0.15, -0.1) is 0 Å². The first-order valence-corrected chi connectivity index (χ1v) is 4.29. The lowest BCUT2D eigenvalue weighted by atomic mass is 10.0. The maximum atomic E-state index is 2.49. The average molecular weight is 122 g/mol. The van der Waals surface area contributed by atoms with Gasteiger partial charge in [0, 0.05) is 0 Å². The summed E-state index contributed by atoms with van der Waals surface area (Å²) in [6.45, 7) is 4.85. The van der Waals surface area contributed by atoms with Crippen molar-refractivity contribution in [3.05, 3.63) is 0 Å². The van der Waals surface area contributed by atoms with Gasteiger partial charge >= 0.3 is 0 Å². The van der Waals surface area contributed by atoms with E-state index < -0.39 is 0 Å². The first-order chi connectivity index (χ1) is 4.29. The van der Waals surface area contributed by atoms with Crippen LogP contribution in [0.15, 0.2) is 0 Å². The molecule has 0 amide bonds. The van der Waals surface area contributed by atoms with E-state index >= 15 is 0 Å². The molecule has 0 N–H and O–H groups in total. The van der Waals surface area contributed by atoms with Gasteiger partial charge in [-0.3, -0.25) is 0 Å². The molecule has 0 radical (unpaired) electrons. The van der Waals surface area contributed by atoms with Gasteiger partial charge < -0.3 is 0 Å². The molecule has 0 nitrogen and oxygen atoms in total. The largest absolute Gasteiger partial charge is 0.0651 e. The van der Waals surface area contributed by atoms with Crippen LogP contribution in [0.5, 0.6) is 0 Å². The van der Waals surface area contributed by atoms with Crippen molar-refractivity contribution in [2.75, 3.05) is 0 Å². The molecular weight excluding hydrogens is 108 g/mol. The second kappa shape index (κ2) is 0.980. The van der Waals surface area contributed by atoms with E-state index in [0.717, 1.165) is 11.3 Å². The number of hydrogen-bond donors (Lipinski definition) is 0. The Bertz CT molecular complexity index is 161. The van der Waals surface area contributed by atoms with Crippen LogP contribution < -0.4 is 0 Å². The summed E-state index contributed by atoms with van der Waals surface area (Å²) in [6, 6.07) is 0. The van der Waals surface area contributed by atoms with E-state index in [0.29, 0.717) is 0 Å². The molecule has 4 fully saturated rings. The molecule has 3 unspecified atom stereocenters. The van der Waals surface area contributed by atoms with Gasteiger partial charge in [0.25, 0.3) is 0 Å². The third-order valence-corrected chi connectivity index (χ3v) is 4.26. The average Bonchev–Trinajstić information content (AvgIpc) is 2.65. The summed E-state index contributed by atoms with van der Waals surface area (Å²) in [5.41, 5.74) is 0.894. The molecule has 4 rings (SSSR count). The zero-order valence-electron chi connectivity index (χ0n) is 6.22. The van der Waals surface area contributed by atoms with Crippen molar-refractivity contribution in [1.29, 1.82) is 0 Å². The number of fused-ring (bicyclic) bond motifs is 1. The molecule has 0 aromatic carbocycles.